The van der Waals surface area contributed by atoms with Gasteiger partial charge in [-0.15, -0.1) is 0 Å². The lowest BCUT2D eigenvalue weighted by atomic mass is 9.88. The largest absolute Gasteiger partial charge is 0.481 e. The molecule has 362 valence electrons. The minimum Gasteiger partial charge on any atom is -0.481 e. The lowest BCUT2D eigenvalue weighted by molar-refractivity contribution is -0.277. The summed E-state index contributed by atoms with van der Waals surface area (Å²) in [5, 5.41) is 104. The quantitative estimate of drug-likeness (QED) is 0.0507. The van der Waals surface area contributed by atoms with E-state index in [4.69, 9.17) is 31.2 Å². The molecule has 2 saturated heterocycles. The molecule has 0 spiro atoms. The SMILES string of the molecule is O=C(O)Cc1cccc(C(CCS(=CCC=S)CCC(c2ccc(O[C@H]3O[C@H](CO)[C@@H](O)[C@H](O)[C@@H]3O)cc2)c2cccc(CC(=O)O)c2)c2ccc(O[C@H]3O[C@H](CO)[C@@H](O)[C@H](O)[C@@H]3O)cc2)c1. The van der Waals surface area contributed by atoms with Gasteiger partial charge in [0.1, 0.15) is 60.3 Å². The predicted molar refractivity (Wildman–Crippen MR) is 252 cm³/mol. The Morgan fingerprint density at radius 1 is 0.582 bits per heavy atom. The van der Waals surface area contributed by atoms with E-state index in [2.05, 4.69) is 5.37 Å². The maximum atomic E-state index is 11.7. The van der Waals surface area contributed by atoms with Crippen molar-refractivity contribution in [1.29, 1.82) is 0 Å². The zero-order valence-electron chi connectivity index (χ0n) is 36.4. The summed E-state index contributed by atoms with van der Waals surface area (Å²) in [4.78, 5) is 23.4. The first-order valence-corrected chi connectivity index (χ1v) is 24.0. The van der Waals surface area contributed by atoms with E-state index in [9.17, 15) is 60.7 Å². The van der Waals surface area contributed by atoms with Crippen LogP contribution >= 0.6 is 22.7 Å². The predicted octanol–water partition coefficient (Wildman–Crippen LogP) is 2.50. The molecular formula is C49H58O16S2. The average molecular weight is 967 g/mol. The van der Waals surface area contributed by atoms with Crippen molar-refractivity contribution >= 4 is 45.4 Å². The summed E-state index contributed by atoms with van der Waals surface area (Å²) in [6.07, 6.45) is -12.9. The van der Waals surface area contributed by atoms with Crippen LogP contribution in [-0.2, 0) is 31.9 Å². The number of aliphatic hydroxyl groups excluding tert-OH is 8. The van der Waals surface area contributed by atoms with Crippen molar-refractivity contribution in [3.05, 3.63) is 130 Å². The molecule has 0 amide bonds. The van der Waals surface area contributed by atoms with Gasteiger partial charge in [0.15, 0.2) is 0 Å². The highest BCUT2D eigenvalue weighted by Crippen LogP contribution is 2.37. The molecule has 2 fully saturated rings. The van der Waals surface area contributed by atoms with Crippen LogP contribution in [0.15, 0.2) is 97.1 Å². The molecule has 0 aliphatic carbocycles. The molecule has 0 radical (unpaired) electrons. The molecule has 2 aliphatic rings. The number of benzene rings is 4. The van der Waals surface area contributed by atoms with Crippen LogP contribution in [0, 0.1) is 0 Å². The normalized spacial score (nSPS) is 26.4. The molecule has 2 heterocycles. The second-order valence-electron chi connectivity index (χ2n) is 16.6. The second kappa shape index (κ2) is 24.6. The minimum atomic E-state index is -1.60. The second-order valence-corrected chi connectivity index (χ2v) is 19.2. The summed E-state index contributed by atoms with van der Waals surface area (Å²) >= 11 is 5.25. The third-order valence-corrected chi connectivity index (χ3v) is 14.3. The van der Waals surface area contributed by atoms with Crippen molar-refractivity contribution in [3.63, 3.8) is 0 Å². The molecule has 18 heteroatoms. The zero-order chi connectivity index (χ0) is 48.2. The van der Waals surface area contributed by atoms with Gasteiger partial charge in [0.25, 0.3) is 0 Å². The van der Waals surface area contributed by atoms with Gasteiger partial charge in [-0.25, -0.2) is 0 Å². The summed E-state index contributed by atoms with van der Waals surface area (Å²) in [5.41, 5.74) is 4.87. The summed E-state index contributed by atoms with van der Waals surface area (Å²) in [6.45, 7) is -1.20. The molecule has 6 rings (SSSR count). The fourth-order valence-corrected chi connectivity index (χ4v) is 10.6. The number of aliphatic hydroxyl groups is 8. The van der Waals surface area contributed by atoms with E-state index < -0.39 is 86.6 Å². The number of aliphatic carboxylic acids is 2. The van der Waals surface area contributed by atoms with Crippen molar-refractivity contribution < 1.29 is 79.6 Å². The van der Waals surface area contributed by atoms with Crippen LogP contribution in [-0.4, -0.2) is 160 Å². The number of hydrogen-bond acceptors (Lipinski definition) is 15. The smallest absolute Gasteiger partial charge is 0.307 e. The third kappa shape index (κ3) is 13.7. The van der Waals surface area contributed by atoms with Crippen molar-refractivity contribution in [2.45, 2.75) is 105 Å². The van der Waals surface area contributed by atoms with Gasteiger partial charge in [0.2, 0.25) is 12.6 Å². The summed E-state index contributed by atoms with van der Waals surface area (Å²) in [5.74, 6) is -0.288. The number of hydrogen-bond donors (Lipinski definition) is 10. The fraction of sp³-hybridized carbons (Fsp3) is 0.429. The maximum Gasteiger partial charge on any atom is 0.307 e. The Kier molecular flexibility index (Phi) is 19.0. The maximum absolute atomic E-state index is 11.7. The molecular weight excluding hydrogens is 909 g/mol. The Bertz CT molecular complexity index is 2120. The molecule has 0 bridgehead atoms. The van der Waals surface area contributed by atoms with E-state index in [0.717, 1.165) is 33.8 Å². The lowest BCUT2D eigenvalue weighted by Crippen LogP contribution is -2.60. The van der Waals surface area contributed by atoms with E-state index in [0.29, 0.717) is 41.9 Å². The molecule has 4 aromatic carbocycles. The van der Waals surface area contributed by atoms with Crippen molar-refractivity contribution in [2.24, 2.45) is 0 Å². The van der Waals surface area contributed by atoms with E-state index >= 15 is 0 Å². The van der Waals surface area contributed by atoms with Crippen molar-refractivity contribution in [1.82, 2.24) is 0 Å². The van der Waals surface area contributed by atoms with Crippen LogP contribution in [0.4, 0.5) is 0 Å². The molecule has 10 N–H and O–H groups in total. The van der Waals surface area contributed by atoms with Gasteiger partial charge in [0, 0.05) is 11.8 Å². The Morgan fingerprint density at radius 3 is 1.34 bits per heavy atom. The molecule has 16 nitrogen and oxygen atoms in total. The zero-order valence-corrected chi connectivity index (χ0v) is 38.1. The Hall–Kier alpha value is -4.67. The highest BCUT2D eigenvalue weighted by molar-refractivity contribution is 8.15. The van der Waals surface area contributed by atoms with Gasteiger partial charge < -0.3 is 70.0 Å². The molecule has 0 saturated carbocycles. The van der Waals surface area contributed by atoms with E-state index in [1.54, 1.807) is 41.8 Å². The van der Waals surface area contributed by atoms with Gasteiger partial charge >= 0.3 is 11.9 Å². The van der Waals surface area contributed by atoms with Crippen LogP contribution in [0.2, 0.25) is 0 Å². The summed E-state index contributed by atoms with van der Waals surface area (Å²) in [6, 6.07) is 29.1. The molecule has 67 heavy (non-hydrogen) atoms. The number of thiocarbonyl (C=S) groups is 1. The number of carboxylic acids is 2. The summed E-state index contributed by atoms with van der Waals surface area (Å²) < 4.78 is 22.8. The fourth-order valence-electron chi connectivity index (χ4n) is 8.38. The van der Waals surface area contributed by atoms with E-state index in [1.807, 2.05) is 60.7 Å². The highest BCUT2D eigenvalue weighted by Gasteiger charge is 2.46. The molecule has 2 aliphatic heterocycles. The first-order chi connectivity index (χ1) is 32.2. The van der Waals surface area contributed by atoms with Gasteiger partial charge in [-0.05, 0) is 93.8 Å². The average Bonchev–Trinajstić information content (AvgIpc) is 3.31. The lowest BCUT2D eigenvalue weighted by Gasteiger charge is -2.39. The number of rotatable bonds is 22. The molecule has 4 aromatic rings. The van der Waals surface area contributed by atoms with Crippen molar-refractivity contribution in [3.8, 4) is 11.5 Å². The third-order valence-electron chi connectivity index (χ3n) is 11.9. The van der Waals surface area contributed by atoms with Crippen LogP contribution < -0.4 is 9.47 Å². The van der Waals surface area contributed by atoms with Crippen LogP contribution in [0.5, 0.6) is 11.5 Å². The van der Waals surface area contributed by atoms with E-state index in [1.165, 1.54) is 0 Å². The Morgan fingerprint density at radius 2 is 0.985 bits per heavy atom. The van der Waals surface area contributed by atoms with Crippen molar-refractivity contribution in [2.75, 3.05) is 24.7 Å². The highest BCUT2D eigenvalue weighted by atomic mass is 32.2. The first-order valence-electron chi connectivity index (χ1n) is 21.9. The molecule has 0 aromatic heterocycles. The monoisotopic (exact) mass is 966 g/mol. The minimum absolute atomic E-state index is 0.158. The number of carboxylic acid groups (broad SMARTS) is 2. The standard InChI is InChI=1S/C49H58O16S2/c50-26-38-42(56)44(58)46(60)48(64-38)62-34-12-8-30(9-13-34)36(32-6-1-4-28(22-32)24-40(52)53)16-20-67(19-3-18-66)21-17-37(33-7-2-5-29(23-33)25-41(54)55)31-10-14-35(15-11-31)63-49-47(61)45(59)43(57)39(27-51)65-49/h1-2,4-15,18-19,22-23,36-39,42-51,56-61H,3,16-17,20-21,24-27H2,(H,52,53)(H,54,55)/t36?,37?,38-,39-,42-,43-,44+,45+,46+,47+,48+,49+,67?/m1/s1. The van der Waals surface area contributed by atoms with Crippen LogP contribution in [0.25, 0.3) is 0 Å². The Labute approximate surface area is 395 Å². The van der Waals surface area contributed by atoms with Crippen LogP contribution in [0.1, 0.15) is 64.5 Å². The number of carbonyl (C=O) groups is 2. The molecule has 2 unspecified atom stereocenters. The molecule has 12 atom stereocenters. The van der Waals surface area contributed by atoms with Gasteiger partial charge in [-0.2, -0.15) is 10.5 Å². The number of ether oxygens (including phenoxy) is 4. The summed E-state index contributed by atoms with van der Waals surface area (Å²) in [7, 11) is -0.316. The van der Waals surface area contributed by atoms with Gasteiger partial charge in [0.05, 0.1) is 26.1 Å². The van der Waals surface area contributed by atoms with E-state index in [-0.39, 0.29) is 35.2 Å². The van der Waals surface area contributed by atoms with Gasteiger partial charge in [-0.1, -0.05) is 90.4 Å². The van der Waals surface area contributed by atoms with Crippen LogP contribution in [0.3, 0.4) is 0 Å². The van der Waals surface area contributed by atoms with Gasteiger partial charge in [-0.3, -0.25) is 9.59 Å². The first kappa shape index (κ1) is 51.7. The topological polar surface area (TPSA) is 273 Å². The Balaban J connectivity index is 1.24.